The second kappa shape index (κ2) is 6.72. The quantitative estimate of drug-likeness (QED) is 0.870. The number of nitrogen functional groups attached to an aromatic ring is 1. The van der Waals surface area contributed by atoms with Gasteiger partial charge >= 0.3 is 12.0 Å². The Labute approximate surface area is 145 Å². The van der Waals surface area contributed by atoms with Crippen LogP contribution in [0.1, 0.15) is 0 Å². The first-order chi connectivity index (χ1) is 12.3. The Hall–Kier alpha value is -3.22. The minimum atomic E-state index is 0.448. The van der Waals surface area contributed by atoms with Gasteiger partial charge in [0.15, 0.2) is 0 Å². The van der Waals surface area contributed by atoms with Gasteiger partial charge in [0.05, 0.1) is 24.5 Å². The first kappa shape index (κ1) is 15.3. The number of hydrogen-bond donors (Lipinski definition) is 1. The highest BCUT2D eigenvalue weighted by Gasteiger charge is 2.28. The highest BCUT2D eigenvalue weighted by Crippen LogP contribution is 2.32. The molecule has 0 saturated carbocycles. The number of nitrogens with two attached hydrogens (primary N) is 1. The van der Waals surface area contributed by atoms with Gasteiger partial charge in [-0.15, -0.1) is 0 Å². The highest BCUT2D eigenvalue weighted by atomic mass is 16.5. The van der Waals surface area contributed by atoms with Gasteiger partial charge in [-0.25, -0.2) is 14.9 Å². The van der Waals surface area contributed by atoms with E-state index in [4.69, 9.17) is 19.9 Å². The number of hydrogen-bond acceptors (Lipinski definition) is 7. The van der Waals surface area contributed by atoms with Crippen LogP contribution in [0.15, 0.2) is 58.5 Å². The highest BCUT2D eigenvalue weighted by molar-refractivity contribution is 6.15. The maximum absolute atomic E-state index is 6.27. The zero-order valence-electron chi connectivity index (χ0n) is 13.6. The normalized spacial score (nSPS) is 15.8. The third kappa shape index (κ3) is 3.21. The summed E-state index contributed by atoms with van der Waals surface area (Å²) in [5, 5.41) is 0. The van der Waals surface area contributed by atoms with Crippen molar-refractivity contribution in [3.05, 3.63) is 48.5 Å². The molecule has 0 bridgehead atoms. The van der Waals surface area contributed by atoms with Crippen LogP contribution in [-0.4, -0.2) is 38.3 Å². The van der Waals surface area contributed by atoms with Gasteiger partial charge in [-0.05, 0) is 24.3 Å². The number of amidine groups is 2. The SMILES string of the molecule is Nc1cc(Oc2ccccc2)ccc1N(C1=NCCO1)C1=NCCO1. The van der Waals surface area contributed by atoms with Gasteiger partial charge in [0.2, 0.25) is 0 Å². The molecule has 2 N–H and O–H groups in total. The third-order valence-corrected chi connectivity index (χ3v) is 3.74. The van der Waals surface area contributed by atoms with Crippen molar-refractivity contribution in [3.8, 4) is 11.5 Å². The fourth-order valence-corrected chi connectivity index (χ4v) is 2.63. The van der Waals surface area contributed by atoms with Crippen molar-refractivity contribution in [2.45, 2.75) is 0 Å². The van der Waals surface area contributed by atoms with Gasteiger partial charge in [0, 0.05) is 6.07 Å². The predicted octanol–water partition coefficient (Wildman–Crippen LogP) is 2.64. The van der Waals surface area contributed by atoms with Crippen molar-refractivity contribution >= 4 is 23.4 Å². The Kier molecular flexibility index (Phi) is 4.12. The van der Waals surface area contributed by atoms with Crippen LogP contribution in [0.5, 0.6) is 11.5 Å². The molecule has 0 aromatic heterocycles. The largest absolute Gasteiger partial charge is 0.463 e. The van der Waals surface area contributed by atoms with Crippen LogP contribution < -0.4 is 15.4 Å². The first-order valence-electron chi connectivity index (χ1n) is 8.08. The molecule has 0 radical (unpaired) electrons. The zero-order chi connectivity index (χ0) is 17.1. The number of aliphatic imine (C=N–C) groups is 2. The van der Waals surface area contributed by atoms with Crippen LogP contribution in [0.4, 0.5) is 11.4 Å². The molecule has 0 amide bonds. The second-order valence-corrected chi connectivity index (χ2v) is 5.50. The molecule has 0 aliphatic carbocycles. The molecule has 2 aliphatic heterocycles. The molecule has 2 aromatic carbocycles. The summed E-state index contributed by atoms with van der Waals surface area (Å²) in [7, 11) is 0. The van der Waals surface area contributed by atoms with Gasteiger partial charge in [0.25, 0.3) is 0 Å². The van der Waals surface area contributed by atoms with Gasteiger partial charge in [0.1, 0.15) is 24.7 Å². The van der Waals surface area contributed by atoms with E-state index in [0.29, 0.717) is 55.5 Å². The molecule has 0 atom stereocenters. The lowest BCUT2D eigenvalue weighted by atomic mass is 10.2. The number of para-hydroxylation sites is 1. The van der Waals surface area contributed by atoms with Crippen molar-refractivity contribution in [1.82, 2.24) is 0 Å². The van der Waals surface area contributed by atoms with E-state index in [1.165, 1.54) is 0 Å². The maximum atomic E-state index is 6.27. The molecular weight excluding hydrogens is 320 g/mol. The molecule has 2 aromatic rings. The average molecular weight is 338 g/mol. The van der Waals surface area contributed by atoms with E-state index in [9.17, 15) is 0 Å². The van der Waals surface area contributed by atoms with Crippen LogP contribution in [0, 0.1) is 0 Å². The smallest absolute Gasteiger partial charge is 0.300 e. The predicted molar refractivity (Wildman–Crippen MR) is 96.4 cm³/mol. The van der Waals surface area contributed by atoms with Crippen molar-refractivity contribution in [2.24, 2.45) is 9.98 Å². The van der Waals surface area contributed by atoms with E-state index in [-0.39, 0.29) is 0 Å². The van der Waals surface area contributed by atoms with Crippen molar-refractivity contribution in [1.29, 1.82) is 0 Å². The minimum absolute atomic E-state index is 0.448. The summed E-state index contributed by atoms with van der Waals surface area (Å²) in [6.45, 7) is 2.28. The summed E-state index contributed by atoms with van der Waals surface area (Å²) in [6.07, 6.45) is 0. The Bertz CT molecular complexity index is 796. The molecule has 2 aliphatic rings. The first-order valence-corrected chi connectivity index (χ1v) is 8.08. The fraction of sp³-hybridized carbons (Fsp3) is 0.222. The number of rotatable bonds is 3. The van der Waals surface area contributed by atoms with Crippen molar-refractivity contribution in [3.63, 3.8) is 0 Å². The fourth-order valence-electron chi connectivity index (χ4n) is 2.63. The third-order valence-electron chi connectivity index (χ3n) is 3.74. The number of ether oxygens (including phenoxy) is 3. The molecule has 0 saturated heterocycles. The molecule has 0 spiro atoms. The van der Waals surface area contributed by atoms with E-state index in [1.807, 2.05) is 42.5 Å². The molecule has 2 heterocycles. The lowest BCUT2D eigenvalue weighted by Crippen LogP contribution is -2.38. The summed E-state index contributed by atoms with van der Waals surface area (Å²) in [5.74, 6) is 1.40. The van der Waals surface area contributed by atoms with Crippen LogP contribution >= 0.6 is 0 Å². The van der Waals surface area contributed by atoms with Crippen LogP contribution in [0.3, 0.4) is 0 Å². The summed E-state index contributed by atoms with van der Waals surface area (Å²) in [5.41, 5.74) is 7.48. The monoisotopic (exact) mass is 338 g/mol. The van der Waals surface area contributed by atoms with E-state index in [2.05, 4.69) is 9.98 Å². The number of benzene rings is 2. The van der Waals surface area contributed by atoms with Gasteiger partial charge in [-0.2, -0.15) is 0 Å². The minimum Gasteiger partial charge on any atom is -0.463 e. The second-order valence-electron chi connectivity index (χ2n) is 5.50. The van der Waals surface area contributed by atoms with Gasteiger partial charge in [-0.3, -0.25) is 0 Å². The summed E-state index contributed by atoms with van der Waals surface area (Å²) >= 11 is 0. The molecular formula is C18H18N4O3. The van der Waals surface area contributed by atoms with Crippen LogP contribution in [-0.2, 0) is 9.47 Å². The van der Waals surface area contributed by atoms with E-state index < -0.39 is 0 Å². The lowest BCUT2D eigenvalue weighted by molar-refractivity contribution is 0.325. The van der Waals surface area contributed by atoms with Crippen molar-refractivity contribution < 1.29 is 14.2 Å². The summed E-state index contributed by atoms with van der Waals surface area (Å²) in [4.78, 5) is 10.4. The Morgan fingerprint density at radius 1 is 0.880 bits per heavy atom. The summed E-state index contributed by atoms with van der Waals surface area (Å²) in [6, 6.07) is 15.9. The molecule has 0 fully saturated rings. The molecule has 4 rings (SSSR count). The van der Waals surface area contributed by atoms with Gasteiger partial charge < -0.3 is 19.9 Å². The van der Waals surface area contributed by atoms with E-state index in [0.717, 1.165) is 5.75 Å². The molecule has 0 unspecified atom stereocenters. The number of nitrogens with zero attached hydrogens (tertiary/aromatic N) is 3. The maximum Gasteiger partial charge on any atom is 0.300 e. The van der Waals surface area contributed by atoms with Gasteiger partial charge in [-0.1, -0.05) is 18.2 Å². The topological polar surface area (TPSA) is 81.7 Å². The Morgan fingerprint density at radius 3 is 2.12 bits per heavy atom. The van der Waals surface area contributed by atoms with E-state index >= 15 is 0 Å². The molecule has 25 heavy (non-hydrogen) atoms. The Morgan fingerprint density at radius 2 is 1.56 bits per heavy atom. The summed E-state index contributed by atoms with van der Waals surface area (Å²) < 4.78 is 17.0. The van der Waals surface area contributed by atoms with Crippen LogP contribution in [0.2, 0.25) is 0 Å². The molecule has 7 nitrogen and oxygen atoms in total. The van der Waals surface area contributed by atoms with Crippen LogP contribution in [0.25, 0.3) is 0 Å². The molecule has 7 heteroatoms. The standard InChI is InChI=1S/C18H18N4O3/c19-15-12-14(25-13-4-2-1-3-5-13)6-7-16(15)22(17-20-8-10-23-17)18-21-9-11-24-18/h1-7,12H,8-11,19H2. The molecule has 128 valence electrons. The number of anilines is 2. The Balaban J connectivity index is 1.64. The van der Waals surface area contributed by atoms with Crippen molar-refractivity contribution in [2.75, 3.05) is 36.9 Å². The zero-order valence-corrected chi connectivity index (χ0v) is 13.6. The van der Waals surface area contributed by atoms with E-state index in [1.54, 1.807) is 11.0 Å². The average Bonchev–Trinajstić information content (AvgIpc) is 3.33. The lowest BCUT2D eigenvalue weighted by Gasteiger charge is -2.23.